The molecule has 19 heavy (non-hydrogen) atoms. The van der Waals surface area contributed by atoms with Crippen LogP contribution in [0.3, 0.4) is 0 Å². The summed E-state index contributed by atoms with van der Waals surface area (Å²) in [5.74, 6) is 0.687. The number of anilines is 1. The van der Waals surface area contributed by atoms with Crippen LogP contribution in [0, 0.1) is 4.77 Å². The van der Waals surface area contributed by atoms with E-state index in [2.05, 4.69) is 33.7 Å². The van der Waals surface area contributed by atoms with Crippen LogP contribution in [0.2, 0.25) is 0 Å². The van der Waals surface area contributed by atoms with Gasteiger partial charge in [0.25, 0.3) is 0 Å². The van der Waals surface area contributed by atoms with Crippen molar-refractivity contribution in [3.63, 3.8) is 0 Å². The molecule has 0 spiro atoms. The SMILES string of the molecule is CCN(CC)c1ncn(Cc2ccccn2)c(=S)n1. The molecule has 0 amide bonds. The van der Waals surface area contributed by atoms with Gasteiger partial charge in [-0.3, -0.25) is 4.98 Å². The third-order valence-corrected chi connectivity index (χ3v) is 3.18. The first-order chi connectivity index (χ1) is 9.24. The van der Waals surface area contributed by atoms with Crippen molar-refractivity contribution in [2.24, 2.45) is 0 Å². The highest BCUT2D eigenvalue weighted by Crippen LogP contribution is 2.06. The number of hydrogen-bond donors (Lipinski definition) is 0. The summed E-state index contributed by atoms with van der Waals surface area (Å²) in [7, 11) is 0. The van der Waals surface area contributed by atoms with Crippen molar-refractivity contribution in [2.45, 2.75) is 20.4 Å². The lowest BCUT2D eigenvalue weighted by atomic mass is 10.3. The van der Waals surface area contributed by atoms with E-state index in [1.165, 1.54) is 0 Å². The molecule has 0 bridgehead atoms. The van der Waals surface area contributed by atoms with E-state index in [1.807, 2.05) is 22.8 Å². The lowest BCUT2D eigenvalue weighted by Crippen LogP contribution is -2.25. The normalized spacial score (nSPS) is 10.4. The van der Waals surface area contributed by atoms with Gasteiger partial charge in [-0.15, -0.1) is 0 Å². The standard InChI is InChI=1S/C13H17N5S/c1-3-17(4-2)12-15-10-18(13(19)16-12)9-11-7-5-6-8-14-11/h5-8,10H,3-4,9H2,1-2H3. The highest BCUT2D eigenvalue weighted by atomic mass is 32.1. The Morgan fingerprint density at radius 2 is 2.00 bits per heavy atom. The second-order valence-electron chi connectivity index (χ2n) is 4.06. The molecule has 6 heteroatoms. The zero-order valence-electron chi connectivity index (χ0n) is 11.2. The third-order valence-electron chi connectivity index (χ3n) is 2.86. The van der Waals surface area contributed by atoms with Crippen molar-refractivity contribution in [2.75, 3.05) is 18.0 Å². The van der Waals surface area contributed by atoms with Crippen molar-refractivity contribution in [1.82, 2.24) is 19.5 Å². The van der Waals surface area contributed by atoms with Crippen molar-refractivity contribution >= 4 is 18.2 Å². The summed E-state index contributed by atoms with van der Waals surface area (Å²) in [6, 6.07) is 5.81. The van der Waals surface area contributed by atoms with E-state index in [1.54, 1.807) is 12.5 Å². The van der Waals surface area contributed by atoms with E-state index in [0.29, 0.717) is 17.3 Å². The summed E-state index contributed by atoms with van der Waals surface area (Å²) < 4.78 is 2.35. The first-order valence-electron chi connectivity index (χ1n) is 6.33. The number of rotatable bonds is 5. The Morgan fingerprint density at radius 3 is 2.58 bits per heavy atom. The summed E-state index contributed by atoms with van der Waals surface area (Å²) in [5.41, 5.74) is 0.942. The van der Waals surface area contributed by atoms with E-state index >= 15 is 0 Å². The minimum atomic E-state index is 0.530. The Morgan fingerprint density at radius 1 is 1.21 bits per heavy atom. The van der Waals surface area contributed by atoms with E-state index in [4.69, 9.17) is 12.2 Å². The van der Waals surface area contributed by atoms with E-state index < -0.39 is 0 Å². The molecule has 0 aliphatic carbocycles. The predicted molar refractivity (Wildman–Crippen MR) is 77.8 cm³/mol. The predicted octanol–water partition coefficient (Wildman–Crippen LogP) is 2.30. The maximum Gasteiger partial charge on any atom is 0.229 e. The smallest absolute Gasteiger partial charge is 0.229 e. The molecule has 0 saturated heterocycles. The summed E-state index contributed by atoms with van der Waals surface area (Å²) in [5, 5.41) is 0. The largest absolute Gasteiger partial charge is 0.341 e. The number of hydrogen-bond acceptors (Lipinski definition) is 5. The molecule has 2 rings (SSSR count). The van der Waals surface area contributed by atoms with Crippen LogP contribution in [0.1, 0.15) is 19.5 Å². The topological polar surface area (TPSA) is 46.8 Å². The van der Waals surface area contributed by atoms with E-state index in [9.17, 15) is 0 Å². The second-order valence-corrected chi connectivity index (χ2v) is 4.43. The molecular formula is C13H17N5S. The lowest BCUT2D eigenvalue weighted by Gasteiger charge is -2.18. The highest BCUT2D eigenvalue weighted by Gasteiger charge is 2.06. The maximum absolute atomic E-state index is 5.31. The van der Waals surface area contributed by atoms with Crippen LogP contribution in [0.4, 0.5) is 5.95 Å². The monoisotopic (exact) mass is 275 g/mol. The van der Waals surface area contributed by atoms with Gasteiger partial charge in [-0.05, 0) is 38.2 Å². The van der Waals surface area contributed by atoms with E-state index in [0.717, 1.165) is 18.8 Å². The molecule has 0 atom stereocenters. The first-order valence-corrected chi connectivity index (χ1v) is 6.73. The van der Waals surface area contributed by atoms with Gasteiger partial charge in [0.15, 0.2) is 0 Å². The van der Waals surface area contributed by atoms with Crippen LogP contribution in [0.5, 0.6) is 0 Å². The molecule has 0 radical (unpaired) electrons. The van der Waals surface area contributed by atoms with Crippen molar-refractivity contribution in [3.8, 4) is 0 Å². The molecule has 0 fully saturated rings. The number of pyridine rings is 1. The van der Waals surface area contributed by atoms with Crippen molar-refractivity contribution < 1.29 is 0 Å². The molecule has 0 aliphatic heterocycles. The summed E-state index contributed by atoms with van der Waals surface area (Å²) >= 11 is 5.31. The van der Waals surface area contributed by atoms with Gasteiger partial charge >= 0.3 is 0 Å². The number of nitrogens with zero attached hydrogens (tertiary/aromatic N) is 5. The maximum atomic E-state index is 5.31. The van der Waals surface area contributed by atoms with Gasteiger partial charge in [0.1, 0.15) is 6.33 Å². The second kappa shape index (κ2) is 6.38. The zero-order chi connectivity index (χ0) is 13.7. The molecular weight excluding hydrogens is 258 g/mol. The van der Waals surface area contributed by atoms with Crippen LogP contribution in [0.25, 0.3) is 0 Å². The molecule has 2 aromatic rings. The first kappa shape index (κ1) is 13.6. The fourth-order valence-electron chi connectivity index (χ4n) is 1.78. The third kappa shape index (κ3) is 3.35. The molecule has 0 N–H and O–H groups in total. The minimum Gasteiger partial charge on any atom is -0.341 e. The van der Waals surface area contributed by atoms with Crippen molar-refractivity contribution in [3.05, 3.63) is 41.2 Å². The van der Waals surface area contributed by atoms with Crippen LogP contribution >= 0.6 is 12.2 Å². The summed E-state index contributed by atoms with van der Waals surface area (Å²) in [6.07, 6.45) is 3.50. The van der Waals surface area contributed by atoms with Crippen LogP contribution in [0.15, 0.2) is 30.7 Å². The Kier molecular flexibility index (Phi) is 4.57. The Balaban J connectivity index is 2.23. The minimum absolute atomic E-state index is 0.530. The van der Waals surface area contributed by atoms with Gasteiger partial charge in [0.05, 0.1) is 12.2 Å². The van der Waals surface area contributed by atoms with Gasteiger partial charge in [-0.2, -0.15) is 4.98 Å². The molecule has 5 nitrogen and oxygen atoms in total. The average Bonchev–Trinajstić information content (AvgIpc) is 2.44. The molecule has 2 heterocycles. The molecule has 0 unspecified atom stereocenters. The fraction of sp³-hybridized carbons (Fsp3) is 0.385. The van der Waals surface area contributed by atoms with Gasteiger partial charge < -0.3 is 9.47 Å². The highest BCUT2D eigenvalue weighted by molar-refractivity contribution is 7.71. The van der Waals surface area contributed by atoms with Gasteiger partial charge in [0.2, 0.25) is 10.7 Å². The van der Waals surface area contributed by atoms with Gasteiger partial charge in [-0.1, -0.05) is 6.07 Å². The fourth-order valence-corrected chi connectivity index (χ4v) is 1.98. The quantitative estimate of drug-likeness (QED) is 0.784. The van der Waals surface area contributed by atoms with Crippen LogP contribution < -0.4 is 4.90 Å². The van der Waals surface area contributed by atoms with Gasteiger partial charge in [-0.25, -0.2) is 4.98 Å². The summed E-state index contributed by atoms with van der Waals surface area (Å²) in [4.78, 5) is 15.1. The Hall–Kier alpha value is -1.82. The molecule has 0 aromatic carbocycles. The molecule has 100 valence electrons. The van der Waals surface area contributed by atoms with Gasteiger partial charge in [0, 0.05) is 19.3 Å². The lowest BCUT2D eigenvalue weighted by molar-refractivity contribution is 0.693. The summed E-state index contributed by atoms with van der Waals surface area (Å²) in [6.45, 7) is 6.49. The van der Waals surface area contributed by atoms with Crippen LogP contribution in [-0.4, -0.2) is 32.6 Å². The van der Waals surface area contributed by atoms with Crippen LogP contribution in [-0.2, 0) is 6.54 Å². The Bertz CT molecular complexity index is 577. The van der Waals surface area contributed by atoms with E-state index in [-0.39, 0.29) is 0 Å². The van der Waals surface area contributed by atoms with Crippen molar-refractivity contribution in [1.29, 1.82) is 0 Å². The molecule has 2 aromatic heterocycles. The average molecular weight is 275 g/mol. The zero-order valence-corrected chi connectivity index (χ0v) is 12.0. The molecule has 0 saturated carbocycles. The molecule has 0 aliphatic rings. The Labute approximate surface area is 118 Å². The number of aromatic nitrogens is 4.